The smallest absolute Gasteiger partial charge is 0.115 e. The Hall–Kier alpha value is -1.06. The Kier molecular flexibility index (Phi) is 4.81. The molecular weight excluding hydrogens is 260 g/mol. The van der Waals surface area contributed by atoms with Crippen LogP contribution in [0.3, 0.4) is 0 Å². The first-order chi connectivity index (χ1) is 10.2. The molecule has 116 valence electrons. The van der Waals surface area contributed by atoms with Gasteiger partial charge in [-0.05, 0) is 63.4 Å². The summed E-state index contributed by atoms with van der Waals surface area (Å²) in [6, 6.07) is 9.05. The van der Waals surface area contributed by atoms with Gasteiger partial charge in [0.05, 0.1) is 0 Å². The SMILES string of the molecule is CC(Cc1ccc(O)cc1)N1CCC(N2CCCCC2)C1. The second-order valence-electron chi connectivity index (χ2n) is 6.75. The van der Waals surface area contributed by atoms with Crippen LogP contribution in [-0.2, 0) is 6.42 Å². The Bertz CT molecular complexity index is 439. The van der Waals surface area contributed by atoms with Crippen molar-refractivity contribution >= 4 is 0 Å². The van der Waals surface area contributed by atoms with Gasteiger partial charge >= 0.3 is 0 Å². The molecule has 0 amide bonds. The average molecular weight is 288 g/mol. The van der Waals surface area contributed by atoms with Crippen molar-refractivity contribution in [1.82, 2.24) is 9.80 Å². The van der Waals surface area contributed by atoms with E-state index in [1.165, 1.54) is 57.4 Å². The van der Waals surface area contributed by atoms with Gasteiger partial charge in [-0.25, -0.2) is 0 Å². The van der Waals surface area contributed by atoms with Crippen LogP contribution in [0.1, 0.15) is 38.2 Å². The summed E-state index contributed by atoms with van der Waals surface area (Å²) in [4.78, 5) is 5.36. The van der Waals surface area contributed by atoms with Crippen LogP contribution in [-0.4, -0.2) is 53.2 Å². The lowest BCUT2D eigenvalue weighted by Gasteiger charge is -2.33. The van der Waals surface area contributed by atoms with Crippen LogP contribution in [0.25, 0.3) is 0 Å². The zero-order valence-corrected chi connectivity index (χ0v) is 13.2. The van der Waals surface area contributed by atoms with Crippen LogP contribution in [0.5, 0.6) is 5.75 Å². The Morgan fingerprint density at radius 1 is 1.10 bits per heavy atom. The van der Waals surface area contributed by atoms with Gasteiger partial charge in [0.2, 0.25) is 0 Å². The van der Waals surface area contributed by atoms with Crippen molar-refractivity contribution in [2.24, 2.45) is 0 Å². The first-order valence-corrected chi connectivity index (χ1v) is 8.48. The highest BCUT2D eigenvalue weighted by atomic mass is 16.3. The van der Waals surface area contributed by atoms with E-state index in [9.17, 15) is 5.11 Å². The summed E-state index contributed by atoms with van der Waals surface area (Å²) in [6.07, 6.45) is 6.61. The number of piperidine rings is 1. The zero-order chi connectivity index (χ0) is 14.7. The van der Waals surface area contributed by atoms with Gasteiger partial charge in [0.15, 0.2) is 0 Å². The molecule has 1 aromatic rings. The molecule has 2 heterocycles. The Morgan fingerprint density at radius 3 is 2.52 bits per heavy atom. The van der Waals surface area contributed by atoms with E-state index >= 15 is 0 Å². The lowest BCUT2D eigenvalue weighted by Crippen LogP contribution is -2.42. The molecule has 0 aliphatic carbocycles. The fraction of sp³-hybridized carbons (Fsp3) is 0.667. The molecule has 1 N–H and O–H groups in total. The molecule has 0 aromatic heterocycles. The normalized spacial score (nSPS) is 26.0. The summed E-state index contributed by atoms with van der Waals surface area (Å²) in [5.41, 5.74) is 1.32. The number of phenols is 1. The van der Waals surface area contributed by atoms with E-state index in [4.69, 9.17) is 0 Å². The van der Waals surface area contributed by atoms with E-state index in [-0.39, 0.29) is 0 Å². The molecule has 0 saturated carbocycles. The van der Waals surface area contributed by atoms with Crippen molar-refractivity contribution in [1.29, 1.82) is 0 Å². The number of phenolic OH excluding ortho intramolecular Hbond substituents is 1. The fourth-order valence-electron chi connectivity index (χ4n) is 3.85. The van der Waals surface area contributed by atoms with Gasteiger partial charge in [0.1, 0.15) is 5.75 Å². The van der Waals surface area contributed by atoms with Crippen molar-refractivity contribution in [3.05, 3.63) is 29.8 Å². The van der Waals surface area contributed by atoms with Crippen molar-refractivity contribution in [2.45, 2.75) is 51.1 Å². The zero-order valence-electron chi connectivity index (χ0n) is 13.2. The molecule has 3 heteroatoms. The molecule has 2 aliphatic heterocycles. The van der Waals surface area contributed by atoms with E-state index in [0.29, 0.717) is 11.8 Å². The molecule has 2 atom stereocenters. The van der Waals surface area contributed by atoms with Crippen LogP contribution < -0.4 is 0 Å². The quantitative estimate of drug-likeness (QED) is 0.923. The van der Waals surface area contributed by atoms with Gasteiger partial charge in [-0.2, -0.15) is 0 Å². The van der Waals surface area contributed by atoms with Crippen LogP contribution in [0, 0.1) is 0 Å². The molecule has 21 heavy (non-hydrogen) atoms. The summed E-state index contributed by atoms with van der Waals surface area (Å²) in [6.45, 7) is 7.43. The van der Waals surface area contributed by atoms with Gasteiger partial charge in [-0.3, -0.25) is 9.80 Å². The van der Waals surface area contributed by atoms with E-state index in [2.05, 4.69) is 16.7 Å². The molecule has 3 nitrogen and oxygen atoms in total. The molecule has 2 fully saturated rings. The van der Waals surface area contributed by atoms with E-state index in [1.54, 1.807) is 12.1 Å². The van der Waals surface area contributed by atoms with E-state index in [1.807, 2.05) is 12.1 Å². The second kappa shape index (κ2) is 6.80. The molecule has 0 spiro atoms. The predicted octanol–water partition coefficient (Wildman–Crippen LogP) is 2.88. The number of aromatic hydroxyl groups is 1. The topological polar surface area (TPSA) is 26.7 Å². The maximum absolute atomic E-state index is 9.37. The maximum Gasteiger partial charge on any atom is 0.115 e. The molecule has 2 aliphatic rings. The van der Waals surface area contributed by atoms with Gasteiger partial charge in [-0.15, -0.1) is 0 Å². The number of hydrogen-bond acceptors (Lipinski definition) is 3. The summed E-state index contributed by atoms with van der Waals surface area (Å²) >= 11 is 0. The lowest BCUT2D eigenvalue weighted by atomic mass is 10.1. The van der Waals surface area contributed by atoms with Crippen LogP contribution in [0.4, 0.5) is 0 Å². The second-order valence-corrected chi connectivity index (χ2v) is 6.75. The summed E-state index contributed by atoms with van der Waals surface area (Å²) in [7, 11) is 0. The molecule has 2 saturated heterocycles. The van der Waals surface area contributed by atoms with Gasteiger partial charge in [-0.1, -0.05) is 18.6 Å². The van der Waals surface area contributed by atoms with Crippen LogP contribution in [0.2, 0.25) is 0 Å². The number of likely N-dealkylation sites (tertiary alicyclic amines) is 2. The highest BCUT2D eigenvalue weighted by Crippen LogP contribution is 2.23. The number of rotatable bonds is 4. The summed E-state index contributed by atoms with van der Waals surface area (Å²) < 4.78 is 0. The number of benzene rings is 1. The van der Waals surface area contributed by atoms with Gasteiger partial charge in [0.25, 0.3) is 0 Å². The van der Waals surface area contributed by atoms with Crippen LogP contribution in [0.15, 0.2) is 24.3 Å². The molecule has 2 unspecified atom stereocenters. The molecular formula is C18H28N2O. The average Bonchev–Trinajstić information content (AvgIpc) is 3.00. The lowest BCUT2D eigenvalue weighted by molar-refractivity contribution is 0.154. The predicted molar refractivity (Wildman–Crippen MR) is 86.7 cm³/mol. The molecule has 1 aromatic carbocycles. The van der Waals surface area contributed by atoms with Crippen molar-refractivity contribution in [3.63, 3.8) is 0 Å². The summed E-state index contributed by atoms with van der Waals surface area (Å²) in [5, 5.41) is 9.37. The third kappa shape index (κ3) is 3.78. The minimum atomic E-state index is 0.359. The van der Waals surface area contributed by atoms with Crippen molar-refractivity contribution in [3.8, 4) is 5.75 Å². The van der Waals surface area contributed by atoms with E-state index < -0.39 is 0 Å². The van der Waals surface area contributed by atoms with Crippen molar-refractivity contribution < 1.29 is 5.11 Å². The Balaban J connectivity index is 1.51. The summed E-state index contributed by atoms with van der Waals surface area (Å²) in [5.74, 6) is 0.359. The van der Waals surface area contributed by atoms with Gasteiger partial charge in [0, 0.05) is 25.2 Å². The standard InChI is InChI=1S/C18H28N2O/c1-15(13-16-5-7-18(21)8-6-16)20-12-9-17(14-20)19-10-3-2-4-11-19/h5-8,15,17,21H,2-4,9-14H2,1H3. The van der Waals surface area contributed by atoms with Gasteiger partial charge < -0.3 is 5.11 Å². The number of nitrogens with zero attached hydrogens (tertiary/aromatic N) is 2. The third-order valence-corrected chi connectivity index (χ3v) is 5.19. The first kappa shape index (κ1) is 14.9. The molecule has 0 radical (unpaired) electrons. The molecule has 3 rings (SSSR count). The highest BCUT2D eigenvalue weighted by molar-refractivity contribution is 5.26. The minimum Gasteiger partial charge on any atom is -0.508 e. The fourth-order valence-corrected chi connectivity index (χ4v) is 3.85. The minimum absolute atomic E-state index is 0.359. The Morgan fingerprint density at radius 2 is 1.81 bits per heavy atom. The molecule has 0 bridgehead atoms. The largest absolute Gasteiger partial charge is 0.508 e. The maximum atomic E-state index is 9.37. The Labute approximate surface area is 128 Å². The monoisotopic (exact) mass is 288 g/mol. The first-order valence-electron chi connectivity index (χ1n) is 8.48. The third-order valence-electron chi connectivity index (χ3n) is 5.19. The van der Waals surface area contributed by atoms with Crippen LogP contribution >= 0.6 is 0 Å². The highest BCUT2D eigenvalue weighted by Gasteiger charge is 2.30. The van der Waals surface area contributed by atoms with E-state index in [0.717, 1.165) is 12.5 Å². The van der Waals surface area contributed by atoms with Crippen molar-refractivity contribution in [2.75, 3.05) is 26.2 Å². The number of hydrogen-bond donors (Lipinski definition) is 1.